The fourth-order valence-corrected chi connectivity index (χ4v) is 2.81. The molecule has 0 saturated heterocycles. The smallest absolute Gasteiger partial charge is 0.241 e. The van der Waals surface area contributed by atoms with Gasteiger partial charge in [-0.3, -0.25) is 4.90 Å². The Morgan fingerprint density at radius 2 is 1.81 bits per heavy atom. The maximum Gasteiger partial charge on any atom is 0.241 e. The lowest BCUT2D eigenvalue weighted by Crippen LogP contribution is -2.17. The first-order chi connectivity index (χ1) is 12.6. The fraction of sp³-hybridized carbons (Fsp3) is 0.263. The monoisotopic (exact) mass is 373 g/mol. The van der Waals surface area contributed by atoms with E-state index >= 15 is 0 Å². The van der Waals surface area contributed by atoms with Gasteiger partial charge in [0.25, 0.3) is 0 Å². The van der Waals surface area contributed by atoms with E-state index in [1.165, 1.54) is 0 Å². The highest BCUT2D eigenvalue weighted by Crippen LogP contribution is 2.31. The Hall–Kier alpha value is -2.57. The average molecular weight is 374 g/mol. The predicted molar refractivity (Wildman–Crippen MR) is 99.5 cm³/mol. The molecule has 0 unspecified atom stereocenters. The van der Waals surface area contributed by atoms with E-state index in [1.807, 2.05) is 49.5 Å². The first kappa shape index (κ1) is 18.2. The van der Waals surface area contributed by atoms with Crippen LogP contribution in [0.1, 0.15) is 11.5 Å². The summed E-state index contributed by atoms with van der Waals surface area (Å²) in [5.74, 6) is 2.31. The lowest BCUT2D eigenvalue weighted by molar-refractivity contribution is 0.261. The number of methoxy groups -OCH3 is 2. The molecule has 0 atom stereocenters. The molecule has 6 nitrogen and oxygen atoms in total. The van der Waals surface area contributed by atoms with Crippen LogP contribution in [0.5, 0.6) is 11.5 Å². The molecule has 3 rings (SSSR count). The summed E-state index contributed by atoms with van der Waals surface area (Å²) in [6, 6.07) is 13.3. The van der Waals surface area contributed by atoms with E-state index in [-0.39, 0.29) is 0 Å². The second-order valence-electron chi connectivity index (χ2n) is 5.85. The lowest BCUT2D eigenvalue weighted by atomic mass is 10.2. The van der Waals surface area contributed by atoms with Gasteiger partial charge < -0.3 is 14.0 Å². The Kier molecular flexibility index (Phi) is 5.75. The average Bonchev–Trinajstić information content (AvgIpc) is 3.11. The van der Waals surface area contributed by atoms with Gasteiger partial charge in [0.05, 0.1) is 20.8 Å². The third kappa shape index (κ3) is 4.15. The minimum absolute atomic E-state index is 0.507. The topological polar surface area (TPSA) is 60.6 Å². The van der Waals surface area contributed by atoms with Gasteiger partial charge in [-0.15, -0.1) is 0 Å². The highest BCUT2D eigenvalue weighted by Gasteiger charge is 2.14. The molecule has 0 fully saturated rings. The number of rotatable bonds is 7. The molecule has 136 valence electrons. The van der Waals surface area contributed by atoms with Gasteiger partial charge in [0.2, 0.25) is 11.7 Å². The number of halogens is 1. The van der Waals surface area contributed by atoms with E-state index in [0.29, 0.717) is 36.3 Å². The summed E-state index contributed by atoms with van der Waals surface area (Å²) < 4.78 is 15.9. The molecule has 0 N–H and O–H groups in total. The summed E-state index contributed by atoms with van der Waals surface area (Å²) in [6.07, 6.45) is 0. The van der Waals surface area contributed by atoms with E-state index < -0.39 is 0 Å². The fourth-order valence-electron chi connectivity index (χ4n) is 2.62. The number of hydrogen-bond donors (Lipinski definition) is 0. The molecule has 0 aliphatic rings. The van der Waals surface area contributed by atoms with Gasteiger partial charge in [0.1, 0.15) is 0 Å². The van der Waals surface area contributed by atoms with Crippen LogP contribution in [-0.2, 0) is 13.1 Å². The quantitative estimate of drug-likeness (QED) is 0.623. The zero-order valence-electron chi connectivity index (χ0n) is 14.9. The van der Waals surface area contributed by atoms with Crippen LogP contribution < -0.4 is 9.47 Å². The summed E-state index contributed by atoms with van der Waals surface area (Å²) in [7, 11) is 5.16. The standard InChI is InChI=1S/C19H20ClN3O3/c1-23(11-14-6-4-5-7-15(14)20)12-18-21-19(22-26-18)13-8-9-16(24-2)17(10-13)25-3/h4-10H,11-12H2,1-3H3. The van der Waals surface area contributed by atoms with Crippen molar-refractivity contribution in [3.05, 3.63) is 58.9 Å². The molecule has 3 aromatic rings. The summed E-state index contributed by atoms with van der Waals surface area (Å²) in [4.78, 5) is 6.53. The largest absolute Gasteiger partial charge is 0.493 e. The van der Waals surface area contributed by atoms with Crippen LogP contribution in [-0.4, -0.2) is 36.3 Å². The highest BCUT2D eigenvalue weighted by molar-refractivity contribution is 6.31. The first-order valence-electron chi connectivity index (χ1n) is 8.07. The van der Waals surface area contributed by atoms with E-state index in [4.69, 9.17) is 25.6 Å². The molecule has 0 radical (unpaired) electrons. The van der Waals surface area contributed by atoms with Crippen LogP contribution in [0, 0.1) is 0 Å². The Balaban J connectivity index is 1.71. The molecule has 0 saturated carbocycles. The Bertz CT molecular complexity index is 882. The molecule has 0 bridgehead atoms. The summed E-state index contributed by atoms with van der Waals surface area (Å²) in [5, 5.41) is 4.81. The lowest BCUT2D eigenvalue weighted by Gasteiger charge is -2.14. The van der Waals surface area contributed by atoms with Gasteiger partial charge in [-0.05, 0) is 36.9 Å². The number of aromatic nitrogens is 2. The molecule has 1 aromatic heterocycles. The second-order valence-corrected chi connectivity index (χ2v) is 6.25. The second kappa shape index (κ2) is 8.21. The Morgan fingerprint density at radius 3 is 2.54 bits per heavy atom. The molecular formula is C19H20ClN3O3. The van der Waals surface area contributed by atoms with Crippen LogP contribution in [0.3, 0.4) is 0 Å². The molecule has 0 spiro atoms. The number of benzene rings is 2. The zero-order chi connectivity index (χ0) is 18.5. The third-order valence-electron chi connectivity index (χ3n) is 3.91. The minimum Gasteiger partial charge on any atom is -0.493 e. The van der Waals surface area contributed by atoms with Gasteiger partial charge in [-0.1, -0.05) is 35.0 Å². The molecule has 0 aliphatic heterocycles. The summed E-state index contributed by atoms with van der Waals surface area (Å²) in [5.41, 5.74) is 1.85. The molecule has 0 amide bonds. The molecule has 0 aliphatic carbocycles. The molecule has 26 heavy (non-hydrogen) atoms. The van der Waals surface area contributed by atoms with Crippen molar-refractivity contribution < 1.29 is 14.0 Å². The predicted octanol–water partition coefficient (Wildman–Crippen LogP) is 4.04. The van der Waals surface area contributed by atoms with Crippen molar-refractivity contribution in [1.29, 1.82) is 0 Å². The van der Waals surface area contributed by atoms with Crippen molar-refractivity contribution in [2.45, 2.75) is 13.1 Å². The van der Waals surface area contributed by atoms with Crippen molar-refractivity contribution >= 4 is 11.6 Å². The molecule has 1 heterocycles. The van der Waals surface area contributed by atoms with E-state index in [0.717, 1.165) is 16.1 Å². The molecule has 7 heteroatoms. The maximum absolute atomic E-state index is 6.21. The van der Waals surface area contributed by atoms with Gasteiger partial charge in [-0.2, -0.15) is 4.98 Å². The SMILES string of the molecule is COc1ccc(-c2noc(CN(C)Cc3ccccc3Cl)n2)cc1OC. The number of ether oxygens (including phenoxy) is 2. The summed E-state index contributed by atoms with van der Waals surface area (Å²) >= 11 is 6.21. The normalized spacial score (nSPS) is 11.0. The van der Waals surface area contributed by atoms with E-state index in [9.17, 15) is 0 Å². The van der Waals surface area contributed by atoms with E-state index in [2.05, 4.69) is 15.0 Å². The van der Waals surface area contributed by atoms with Crippen molar-refractivity contribution in [3.63, 3.8) is 0 Å². The van der Waals surface area contributed by atoms with Crippen molar-refractivity contribution in [2.75, 3.05) is 21.3 Å². The minimum atomic E-state index is 0.507. The van der Waals surface area contributed by atoms with Crippen molar-refractivity contribution in [1.82, 2.24) is 15.0 Å². The first-order valence-corrected chi connectivity index (χ1v) is 8.45. The van der Waals surface area contributed by atoms with Gasteiger partial charge in [0.15, 0.2) is 11.5 Å². The van der Waals surface area contributed by atoms with Gasteiger partial charge >= 0.3 is 0 Å². The van der Waals surface area contributed by atoms with Crippen LogP contribution in [0.15, 0.2) is 47.0 Å². The molecular weight excluding hydrogens is 354 g/mol. The van der Waals surface area contributed by atoms with Crippen LogP contribution in [0.2, 0.25) is 5.02 Å². The molecule has 2 aromatic carbocycles. The van der Waals surface area contributed by atoms with Gasteiger partial charge in [-0.25, -0.2) is 0 Å². The Morgan fingerprint density at radius 1 is 1.04 bits per heavy atom. The van der Waals surface area contributed by atoms with Crippen molar-refractivity contribution in [3.8, 4) is 22.9 Å². The van der Waals surface area contributed by atoms with E-state index in [1.54, 1.807) is 14.2 Å². The zero-order valence-corrected chi connectivity index (χ0v) is 15.7. The summed E-state index contributed by atoms with van der Waals surface area (Å²) in [6.45, 7) is 1.21. The van der Waals surface area contributed by atoms with Crippen LogP contribution in [0.4, 0.5) is 0 Å². The number of hydrogen-bond acceptors (Lipinski definition) is 6. The Labute approximate surface area is 157 Å². The van der Waals surface area contributed by atoms with Gasteiger partial charge in [0, 0.05) is 17.1 Å². The van der Waals surface area contributed by atoms with Crippen LogP contribution in [0.25, 0.3) is 11.4 Å². The third-order valence-corrected chi connectivity index (χ3v) is 4.28. The number of nitrogens with zero attached hydrogens (tertiary/aromatic N) is 3. The van der Waals surface area contributed by atoms with Crippen molar-refractivity contribution in [2.24, 2.45) is 0 Å². The highest BCUT2D eigenvalue weighted by atomic mass is 35.5. The maximum atomic E-state index is 6.21. The van der Waals surface area contributed by atoms with Crippen LogP contribution >= 0.6 is 11.6 Å².